The highest BCUT2D eigenvalue weighted by atomic mass is 16.5. The summed E-state index contributed by atoms with van der Waals surface area (Å²) < 4.78 is 4.90. The molecule has 1 saturated heterocycles. The summed E-state index contributed by atoms with van der Waals surface area (Å²) in [5, 5.41) is 3.44. The number of rotatable bonds is 4. The second-order valence-electron chi connectivity index (χ2n) is 5.69. The van der Waals surface area contributed by atoms with Gasteiger partial charge in [-0.05, 0) is 24.5 Å². The van der Waals surface area contributed by atoms with Crippen molar-refractivity contribution in [2.75, 3.05) is 31.6 Å². The van der Waals surface area contributed by atoms with Gasteiger partial charge in [0.1, 0.15) is 0 Å². The zero-order chi connectivity index (χ0) is 14.5. The van der Waals surface area contributed by atoms with Crippen LogP contribution in [0.25, 0.3) is 0 Å². The van der Waals surface area contributed by atoms with Gasteiger partial charge in [0.25, 0.3) is 0 Å². The summed E-state index contributed by atoms with van der Waals surface area (Å²) in [5.74, 6) is 0.370. The minimum atomic E-state index is -0.262. The van der Waals surface area contributed by atoms with Gasteiger partial charge in [-0.25, -0.2) is 4.79 Å². The van der Waals surface area contributed by atoms with E-state index in [1.165, 1.54) is 7.11 Å². The molecule has 0 amide bonds. The van der Waals surface area contributed by atoms with Gasteiger partial charge in [-0.3, -0.25) is 0 Å². The molecule has 0 aromatic heterocycles. The van der Waals surface area contributed by atoms with Gasteiger partial charge in [-0.2, -0.15) is 0 Å². The maximum Gasteiger partial charge on any atom is 0.339 e. The standard InChI is InChI=1S/C16H24N2O2/c1-12(2)10-13-11-17-8-9-18(13)15-7-5-4-6-14(15)16(19)20-3/h4-7,12-13,17H,8-11H2,1-3H3/t13-/m0/s1. The molecule has 0 aliphatic carbocycles. The normalized spacial score (nSPS) is 19.2. The van der Waals surface area contributed by atoms with E-state index in [1.807, 2.05) is 24.3 Å². The number of methoxy groups -OCH3 is 1. The Morgan fingerprint density at radius 3 is 2.90 bits per heavy atom. The van der Waals surface area contributed by atoms with Gasteiger partial charge in [0.2, 0.25) is 0 Å². The van der Waals surface area contributed by atoms with Crippen molar-refractivity contribution >= 4 is 11.7 Å². The number of carbonyl (C=O) groups is 1. The zero-order valence-corrected chi connectivity index (χ0v) is 12.6. The lowest BCUT2D eigenvalue weighted by molar-refractivity contribution is 0.0601. The summed E-state index contributed by atoms with van der Waals surface area (Å²) in [7, 11) is 1.43. The Hall–Kier alpha value is -1.55. The summed E-state index contributed by atoms with van der Waals surface area (Å²) in [5.41, 5.74) is 1.65. The number of hydrogen-bond donors (Lipinski definition) is 1. The Balaban J connectivity index is 2.30. The van der Waals surface area contributed by atoms with Crippen LogP contribution in [-0.2, 0) is 4.74 Å². The maximum atomic E-state index is 11.9. The van der Waals surface area contributed by atoms with E-state index < -0.39 is 0 Å². The molecular weight excluding hydrogens is 252 g/mol. The van der Waals surface area contributed by atoms with E-state index in [0.29, 0.717) is 17.5 Å². The van der Waals surface area contributed by atoms with E-state index in [1.54, 1.807) is 0 Å². The lowest BCUT2D eigenvalue weighted by Gasteiger charge is -2.39. The molecule has 1 aliphatic heterocycles. The molecule has 0 saturated carbocycles. The Bertz CT molecular complexity index is 460. The van der Waals surface area contributed by atoms with Crippen LogP contribution in [0, 0.1) is 5.92 Å². The summed E-state index contributed by atoms with van der Waals surface area (Å²) in [6, 6.07) is 8.15. The van der Waals surface area contributed by atoms with Crippen LogP contribution in [0.2, 0.25) is 0 Å². The molecule has 0 radical (unpaired) electrons. The number of hydrogen-bond acceptors (Lipinski definition) is 4. The van der Waals surface area contributed by atoms with Crippen LogP contribution in [0.3, 0.4) is 0 Å². The summed E-state index contributed by atoms with van der Waals surface area (Å²) in [6.07, 6.45) is 1.11. The van der Waals surface area contributed by atoms with Crippen LogP contribution in [0.15, 0.2) is 24.3 Å². The summed E-state index contributed by atoms with van der Waals surface area (Å²) >= 11 is 0. The minimum absolute atomic E-state index is 0.262. The monoisotopic (exact) mass is 276 g/mol. The number of carbonyl (C=O) groups excluding carboxylic acids is 1. The maximum absolute atomic E-state index is 11.9. The second-order valence-corrected chi connectivity index (χ2v) is 5.69. The highest BCUT2D eigenvalue weighted by molar-refractivity contribution is 5.95. The predicted octanol–water partition coefficient (Wildman–Crippen LogP) is 2.30. The average Bonchev–Trinajstić information content (AvgIpc) is 2.46. The predicted molar refractivity (Wildman–Crippen MR) is 81.2 cm³/mol. The first-order valence-electron chi connectivity index (χ1n) is 7.28. The first-order chi connectivity index (χ1) is 9.63. The quantitative estimate of drug-likeness (QED) is 0.857. The van der Waals surface area contributed by atoms with E-state index in [4.69, 9.17) is 4.74 Å². The molecule has 1 heterocycles. The van der Waals surface area contributed by atoms with E-state index >= 15 is 0 Å². The molecule has 1 N–H and O–H groups in total. The largest absolute Gasteiger partial charge is 0.465 e. The van der Waals surface area contributed by atoms with E-state index in [0.717, 1.165) is 31.7 Å². The molecule has 1 aromatic carbocycles. The Kier molecular flexibility index (Phi) is 5.01. The van der Waals surface area contributed by atoms with Crippen molar-refractivity contribution in [1.29, 1.82) is 0 Å². The third-order valence-electron chi connectivity index (χ3n) is 3.71. The molecule has 20 heavy (non-hydrogen) atoms. The first kappa shape index (κ1) is 14.9. The fourth-order valence-electron chi connectivity index (χ4n) is 2.84. The highest BCUT2D eigenvalue weighted by Gasteiger charge is 2.26. The molecule has 4 nitrogen and oxygen atoms in total. The number of benzene rings is 1. The number of piperazine rings is 1. The molecule has 1 atom stereocenters. The lowest BCUT2D eigenvalue weighted by atomic mass is 9.99. The molecule has 2 rings (SSSR count). The molecule has 110 valence electrons. The van der Waals surface area contributed by atoms with Crippen molar-refractivity contribution in [2.45, 2.75) is 26.3 Å². The third-order valence-corrected chi connectivity index (χ3v) is 3.71. The lowest BCUT2D eigenvalue weighted by Crippen LogP contribution is -2.52. The highest BCUT2D eigenvalue weighted by Crippen LogP contribution is 2.26. The van der Waals surface area contributed by atoms with Crippen LogP contribution in [0.5, 0.6) is 0 Å². The van der Waals surface area contributed by atoms with Crippen molar-refractivity contribution < 1.29 is 9.53 Å². The molecule has 0 bridgehead atoms. The summed E-state index contributed by atoms with van der Waals surface area (Å²) in [6.45, 7) is 7.31. The summed E-state index contributed by atoms with van der Waals surface area (Å²) in [4.78, 5) is 14.3. The van der Waals surface area contributed by atoms with E-state index in [-0.39, 0.29) is 5.97 Å². The molecule has 0 spiro atoms. The number of para-hydroxylation sites is 1. The van der Waals surface area contributed by atoms with Gasteiger partial charge >= 0.3 is 5.97 Å². The van der Waals surface area contributed by atoms with Crippen LogP contribution in [-0.4, -0.2) is 38.8 Å². The molecule has 1 fully saturated rings. The van der Waals surface area contributed by atoms with Gasteiger partial charge in [-0.15, -0.1) is 0 Å². The number of nitrogens with zero attached hydrogens (tertiary/aromatic N) is 1. The number of anilines is 1. The van der Waals surface area contributed by atoms with E-state index in [2.05, 4.69) is 24.1 Å². The van der Waals surface area contributed by atoms with Crippen LogP contribution in [0.1, 0.15) is 30.6 Å². The smallest absolute Gasteiger partial charge is 0.339 e. The second kappa shape index (κ2) is 6.75. The van der Waals surface area contributed by atoms with Crippen molar-refractivity contribution in [2.24, 2.45) is 5.92 Å². The van der Waals surface area contributed by atoms with E-state index in [9.17, 15) is 4.79 Å². The molecule has 4 heteroatoms. The fourth-order valence-corrected chi connectivity index (χ4v) is 2.84. The fraction of sp³-hybridized carbons (Fsp3) is 0.562. The third kappa shape index (κ3) is 3.31. The SMILES string of the molecule is COC(=O)c1ccccc1N1CCNC[C@@H]1CC(C)C. The molecular formula is C16H24N2O2. The number of ether oxygens (including phenoxy) is 1. The van der Waals surface area contributed by atoms with Crippen molar-refractivity contribution in [3.05, 3.63) is 29.8 Å². The zero-order valence-electron chi connectivity index (χ0n) is 12.6. The van der Waals surface area contributed by atoms with Gasteiger partial charge in [0, 0.05) is 25.7 Å². The molecule has 1 aromatic rings. The Morgan fingerprint density at radius 2 is 2.20 bits per heavy atom. The topological polar surface area (TPSA) is 41.6 Å². The first-order valence-corrected chi connectivity index (χ1v) is 7.28. The van der Waals surface area contributed by atoms with Gasteiger partial charge in [0.05, 0.1) is 18.4 Å². The number of esters is 1. The van der Waals surface area contributed by atoms with Crippen LogP contribution >= 0.6 is 0 Å². The van der Waals surface area contributed by atoms with Crippen molar-refractivity contribution in [1.82, 2.24) is 5.32 Å². The van der Waals surface area contributed by atoms with Crippen molar-refractivity contribution in [3.63, 3.8) is 0 Å². The molecule has 0 unspecified atom stereocenters. The van der Waals surface area contributed by atoms with Gasteiger partial charge in [-0.1, -0.05) is 26.0 Å². The van der Waals surface area contributed by atoms with Crippen LogP contribution < -0.4 is 10.2 Å². The Labute approximate surface area is 121 Å². The van der Waals surface area contributed by atoms with Crippen LogP contribution in [0.4, 0.5) is 5.69 Å². The van der Waals surface area contributed by atoms with Crippen molar-refractivity contribution in [3.8, 4) is 0 Å². The molecule has 1 aliphatic rings. The Morgan fingerprint density at radius 1 is 1.45 bits per heavy atom. The van der Waals surface area contributed by atoms with Gasteiger partial charge in [0.15, 0.2) is 0 Å². The number of nitrogens with one attached hydrogen (secondary N) is 1. The average molecular weight is 276 g/mol. The van der Waals surface area contributed by atoms with Gasteiger partial charge < -0.3 is 15.0 Å². The minimum Gasteiger partial charge on any atom is -0.465 e.